The maximum Gasteiger partial charge on any atom is 0.341 e. The molecule has 2 N–H and O–H groups in total. The third-order valence-corrected chi connectivity index (χ3v) is 8.51. The minimum atomic E-state index is -0.564. The molecular formula is C21H22N4O4S3. The van der Waals surface area contributed by atoms with E-state index < -0.39 is 5.97 Å². The fourth-order valence-corrected chi connectivity index (χ4v) is 6.96. The van der Waals surface area contributed by atoms with Crippen molar-refractivity contribution in [1.82, 2.24) is 15.3 Å². The summed E-state index contributed by atoms with van der Waals surface area (Å²) in [5, 5.41) is 7.52. The average Bonchev–Trinajstić information content (AvgIpc) is 3.45. The Bertz CT molecular complexity index is 1220. The molecular weight excluding hydrogens is 468 g/mol. The van der Waals surface area contributed by atoms with E-state index in [0.717, 1.165) is 45.8 Å². The minimum Gasteiger partial charge on any atom is -0.462 e. The molecule has 0 spiro atoms. The van der Waals surface area contributed by atoms with Gasteiger partial charge in [-0.25, -0.2) is 14.8 Å². The fraction of sp³-hybridized carbons (Fsp3) is 0.381. The molecule has 0 unspecified atom stereocenters. The number of carbonyl (C=O) groups excluding carboxylic acids is 3. The van der Waals surface area contributed by atoms with Crippen LogP contribution in [0.2, 0.25) is 0 Å². The fourth-order valence-electron chi connectivity index (χ4n) is 3.69. The zero-order valence-corrected chi connectivity index (χ0v) is 20.3. The van der Waals surface area contributed by atoms with Gasteiger partial charge >= 0.3 is 5.97 Å². The molecule has 3 aromatic rings. The molecule has 8 nitrogen and oxygen atoms in total. The Morgan fingerprint density at radius 1 is 1.22 bits per heavy atom. The zero-order valence-electron chi connectivity index (χ0n) is 17.9. The van der Waals surface area contributed by atoms with Crippen molar-refractivity contribution in [3.63, 3.8) is 0 Å². The molecule has 1 aliphatic rings. The standard InChI is InChI=1S/C21H22N4O4S3/c1-4-29-21(28)14-10(2)16(17(27)22-3)32-20(14)25-13(26)8-30-18-15-11-6-5-7-12(11)31-19(15)24-9-23-18/h9H,4-8H2,1-3H3,(H,22,27)(H,25,26). The van der Waals surface area contributed by atoms with Gasteiger partial charge in [-0.2, -0.15) is 0 Å². The predicted octanol–water partition coefficient (Wildman–Crippen LogP) is 3.82. The lowest BCUT2D eigenvalue weighted by molar-refractivity contribution is -0.113. The van der Waals surface area contributed by atoms with Crippen LogP contribution in [0.1, 0.15) is 49.4 Å². The maximum absolute atomic E-state index is 12.8. The third kappa shape index (κ3) is 4.24. The summed E-state index contributed by atoms with van der Waals surface area (Å²) in [5.41, 5.74) is 2.01. The number of carbonyl (C=O) groups is 3. The van der Waals surface area contributed by atoms with Gasteiger partial charge in [0.25, 0.3) is 5.91 Å². The predicted molar refractivity (Wildman–Crippen MR) is 127 cm³/mol. The van der Waals surface area contributed by atoms with Gasteiger partial charge in [-0.05, 0) is 44.2 Å². The number of hydrogen-bond acceptors (Lipinski definition) is 9. The number of aryl methyl sites for hydroxylation is 2. The van der Waals surface area contributed by atoms with E-state index in [2.05, 4.69) is 20.6 Å². The number of anilines is 1. The zero-order chi connectivity index (χ0) is 22.8. The first-order valence-electron chi connectivity index (χ1n) is 10.1. The number of hydrogen-bond donors (Lipinski definition) is 2. The van der Waals surface area contributed by atoms with Crippen LogP contribution >= 0.6 is 34.4 Å². The van der Waals surface area contributed by atoms with Crippen LogP contribution in [0.25, 0.3) is 10.2 Å². The topological polar surface area (TPSA) is 110 Å². The number of ether oxygens (including phenoxy) is 1. The minimum absolute atomic E-state index is 0.116. The van der Waals surface area contributed by atoms with Crippen molar-refractivity contribution in [2.75, 3.05) is 24.7 Å². The molecule has 3 heterocycles. The van der Waals surface area contributed by atoms with Crippen LogP contribution in [-0.4, -0.2) is 47.2 Å². The van der Waals surface area contributed by atoms with Gasteiger partial charge in [0, 0.05) is 17.3 Å². The molecule has 1 aliphatic carbocycles. The van der Waals surface area contributed by atoms with Gasteiger partial charge < -0.3 is 15.4 Å². The molecule has 32 heavy (non-hydrogen) atoms. The number of aromatic nitrogens is 2. The Balaban J connectivity index is 1.54. The maximum atomic E-state index is 12.8. The molecule has 4 rings (SSSR count). The van der Waals surface area contributed by atoms with Gasteiger partial charge in [0.2, 0.25) is 5.91 Å². The molecule has 11 heteroatoms. The van der Waals surface area contributed by atoms with E-state index in [0.29, 0.717) is 15.4 Å². The van der Waals surface area contributed by atoms with Gasteiger partial charge in [0.05, 0.1) is 22.8 Å². The number of nitrogens with zero attached hydrogens (tertiary/aromatic N) is 2. The number of esters is 1. The summed E-state index contributed by atoms with van der Waals surface area (Å²) in [4.78, 5) is 48.9. The molecule has 0 saturated carbocycles. The summed E-state index contributed by atoms with van der Waals surface area (Å²) in [6.07, 6.45) is 4.76. The summed E-state index contributed by atoms with van der Waals surface area (Å²) < 4.78 is 5.13. The summed E-state index contributed by atoms with van der Waals surface area (Å²) in [6, 6.07) is 0. The molecule has 0 aliphatic heterocycles. The molecule has 0 aromatic carbocycles. The normalized spacial score (nSPS) is 12.6. The van der Waals surface area contributed by atoms with E-state index in [1.54, 1.807) is 25.2 Å². The Hall–Kier alpha value is -2.50. The number of thioether (sulfide) groups is 1. The van der Waals surface area contributed by atoms with E-state index in [9.17, 15) is 14.4 Å². The van der Waals surface area contributed by atoms with Gasteiger partial charge in [0.1, 0.15) is 21.2 Å². The molecule has 0 saturated heterocycles. The number of nitrogens with one attached hydrogen (secondary N) is 2. The molecule has 0 bridgehead atoms. The van der Waals surface area contributed by atoms with Gasteiger partial charge in [-0.1, -0.05) is 11.8 Å². The van der Waals surface area contributed by atoms with Crippen LogP contribution in [0.4, 0.5) is 5.00 Å². The smallest absolute Gasteiger partial charge is 0.341 e. The van der Waals surface area contributed by atoms with Crippen LogP contribution < -0.4 is 10.6 Å². The van der Waals surface area contributed by atoms with Crippen molar-refractivity contribution in [2.24, 2.45) is 0 Å². The SMILES string of the molecule is CCOC(=O)c1c(NC(=O)CSc2ncnc3sc4c(c23)CCC4)sc(C(=O)NC)c1C. The Labute approximate surface area is 197 Å². The highest BCUT2D eigenvalue weighted by Gasteiger charge is 2.27. The van der Waals surface area contributed by atoms with Crippen molar-refractivity contribution in [1.29, 1.82) is 0 Å². The lowest BCUT2D eigenvalue weighted by Gasteiger charge is -2.07. The second kappa shape index (κ2) is 9.55. The number of rotatable bonds is 7. The lowest BCUT2D eigenvalue weighted by atomic mass is 10.1. The molecule has 0 fully saturated rings. The highest BCUT2D eigenvalue weighted by Crippen LogP contribution is 2.40. The second-order valence-electron chi connectivity index (χ2n) is 7.11. The second-order valence-corrected chi connectivity index (χ2v) is 10.2. The lowest BCUT2D eigenvalue weighted by Crippen LogP contribution is -2.18. The summed E-state index contributed by atoms with van der Waals surface area (Å²) in [6.45, 7) is 3.58. The Morgan fingerprint density at radius 3 is 2.78 bits per heavy atom. The van der Waals surface area contributed by atoms with Crippen LogP contribution in [0.5, 0.6) is 0 Å². The van der Waals surface area contributed by atoms with Crippen molar-refractivity contribution in [3.8, 4) is 0 Å². The number of fused-ring (bicyclic) bond motifs is 3. The summed E-state index contributed by atoms with van der Waals surface area (Å²) >= 11 is 4.12. The van der Waals surface area contributed by atoms with E-state index in [1.165, 1.54) is 35.6 Å². The van der Waals surface area contributed by atoms with E-state index >= 15 is 0 Å². The third-order valence-electron chi connectivity index (χ3n) is 5.12. The largest absolute Gasteiger partial charge is 0.462 e. The van der Waals surface area contributed by atoms with E-state index in [-0.39, 0.29) is 29.7 Å². The number of thiophene rings is 2. The highest BCUT2D eigenvalue weighted by atomic mass is 32.2. The first-order valence-corrected chi connectivity index (χ1v) is 12.8. The van der Waals surface area contributed by atoms with Gasteiger partial charge in [-0.15, -0.1) is 22.7 Å². The Kier molecular flexibility index (Phi) is 6.77. The van der Waals surface area contributed by atoms with Gasteiger partial charge in [0.15, 0.2) is 0 Å². The van der Waals surface area contributed by atoms with Gasteiger partial charge in [-0.3, -0.25) is 9.59 Å². The van der Waals surface area contributed by atoms with Crippen molar-refractivity contribution < 1.29 is 19.1 Å². The van der Waals surface area contributed by atoms with Crippen molar-refractivity contribution in [3.05, 3.63) is 32.8 Å². The van der Waals surface area contributed by atoms with Crippen LogP contribution in [0, 0.1) is 6.92 Å². The van der Waals surface area contributed by atoms with E-state index in [1.807, 2.05) is 0 Å². The van der Waals surface area contributed by atoms with Crippen LogP contribution in [-0.2, 0) is 22.4 Å². The van der Waals surface area contributed by atoms with Crippen molar-refractivity contribution >= 4 is 67.4 Å². The average molecular weight is 491 g/mol. The summed E-state index contributed by atoms with van der Waals surface area (Å²) in [5.74, 6) is -1.05. The Morgan fingerprint density at radius 2 is 2.03 bits per heavy atom. The highest BCUT2D eigenvalue weighted by molar-refractivity contribution is 8.00. The van der Waals surface area contributed by atoms with Crippen LogP contribution in [0.15, 0.2) is 11.4 Å². The molecule has 0 atom stereocenters. The first kappa shape index (κ1) is 22.7. The molecule has 0 radical (unpaired) electrons. The molecule has 2 amide bonds. The monoisotopic (exact) mass is 490 g/mol. The van der Waals surface area contributed by atoms with Crippen LogP contribution in [0.3, 0.4) is 0 Å². The number of amides is 2. The van der Waals surface area contributed by atoms with E-state index in [4.69, 9.17) is 4.74 Å². The first-order chi connectivity index (χ1) is 15.4. The molecule has 3 aromatic heterocycles. The summed E-state index contributed by atoms with van der Waals surface area (Å²) in [7, 11) is 1.52. The quantitative estimate of drug-likeness (QED) is 0.294. The van der Waals surface area contributed by atoms with Crippen molar-refractivity contribution in [2.45, 2.75) is 38.1 Å². The molecule has 168 valence electrons.